The lowest BCUT2D eigenvalue weighted by Gasteiger charge is -2.25. The van der Waals surface area contributed by atoms with Crippen molar-refractivity contribution >= 4 is 5.78 Å². The zero-order valence-electron chi connectivity index (χ0n) is 11.0. The van der Waals surface area contributed by atoms with Gasteiger partial charge in [-0.2, -0.15) is 5.10 Å². The molecule has 1 fully saturated rings. The van der Waals surface area contributed by atoms with E-state index in [2.05, 4.69) is 5.10 Å². The molecular weight excluding hydrogens is 228 g/mol. The molecule has 1 aliphatic rings. The van der Waals surface area contributed by atoms with Gasteiger partial charge in [-0.1, -0.05) is 19.3 Å². The molecule has 0 amide bonds. The maximum Gasteiger partial charge on any atom is 0.161 e. The summed E-state index contributed by atoms with van der Waals surface area (Å²) in [5, 5.41) is 14.1. The molecule has 1 aromatic heterocycles. The van der Waals surface area contributed by atoms with Crippen LogP contribution in [0.1, 0.15) is 44.2 Å². The summed E-state index contributed by atoms with van der Waals surface area (Å²) < 4.78 is 1.78. The monoisotopic (exact) mass is 250 g/mol. The second-order valence-corrected chi connectivity index (χ2v) is 5.26. The van der Waals surface area contributed by atoms with Gasteiger partial charge in [-0.3, -0.25) is 9.48 Å². The van der Waals surface area contributed by atoms with Crippen LogP contribution in [0.5, 0.6) is 0 Å². The van der Waals surface area contributed by atoms with E-state index in [1.165, 1.54) is 6.42 Å². The molecule has 1 aliphatic carbocycles. The van der Waals surface area contributed by atoms with E-state index in [9.17, 15) is 9.90 Å². The number of carbonyl (C=O) groups is 1. The van der Waals surface area contributed by atoms with Crippen molar-refractivity contribution in [1.29, 1.82) is 0 Å². The van der Waals surface area contributed by atoms with Crippen molar-refractivity contribution in [3.63, 3.8) is 0 Å². The highest BCUT2D eigenvalue weighted by Gasteiger charge is 2.26. The van der Waals surface area contributed by atoms with Gasteiger partial charge >= 0.3 is 0 Å². The van der Waals surface area contributed by atoms with Gasteiger partial charge in [0.1, 0.15) is 6.10 Å². The van der Waals surface area contributed by atoms with Gasteiger partial charge in [0.05, 0.1) is 0 Å². The van der Waals surface area contributed by atoms with E-state index in [0.717, 1.165) is 31.4 Å². The van der Waals surface area contributed by atoms with Gasteiger partial charge in [-0.05, 0) is 31.2 Å². The van der Waals surface area contributed by atoms with Crippen LogP contribution >= 0.6 is 0 Å². The molecule has 1 atom stereocenters. The fourth-order valence-electron chi connectivity index (χ4n) is 2.76. The van der Waals surface area contributed by atoms with E-state index in [1.54, 1.807) is 10.9 Å². The van der Waals surface area contributed by atoms with Crippen LogP contribution in [0.3, 0.4) is 0 Å². The lowest BCUT2D eigenvalue weighted by molar-refractivity contribution is -0.130. The molecule has 4 heteroatoms. The third-order valence-electron chi connectivity index (χ3n) is 3.98. The number of carbonyl (C=O) groups excluding carboxylic acids is 1. The Kier molecular flexibility index (Phi) is 4.53. The van der Waals surface area contributed by atoms with Crippen molar-refractivity contribution < 1.29 is 9.90 Å². The summed E-state index contributed by atoms with van der Waals surface area (Å²) in [6.07, 6.45) is 7.60. The quantitative estimate of drug-likeness (QED) is 0.868. The predicted molar refractivity (Wildman–Crippen MR) is 69.1 cm³/mol. The van der Waals surface area contributed by atoms with Crippen LogP contribution in [0.4, 0.5) is 0 Å². The van der Waals surface area contributed by atoms with E-state index in [0.29, 0.717) is 12.8 Å². The number of aryl methyl sites for hydroxylation is 2. The molecule has 0 saturated heterocycles. The highest BCUT2D eigenvalue weighted by Crippen LogP contribution is 2.27. The first-order valence-corrected chi connectivity index (χ1v) is 6.86. The second kappa shape index (κ2) is 6.14. The molecule has 1 heterocycles. The minimum atomic E-state index is -0.751. The van der Waals surface area contributed by atoms with Crippen molar-refractivity contribution in [2.24, 2.45) is 13.0 Å². The average molecular weight is 250 g/mol. The predicted octanol–water partition coefficient (Wildman–Crippen LogP) is 1.86. The Morgan fingerprint density at radius 3 is 2.83 bits per heavy atom. The molecule has 0 aromatic carbocycles. The van der Waals surface area contributed by atoms with Crippen molar-refractivity contribution in [1.82, 2.24) is 9.78 Å². The summed E-state index contributed by atoms with van der Waals surface area (Å²) in [4.78, 5) is 12.0. The van der Waals surface area contributed by atoms with Gasteiger partial charge < -0.3 is 5.11 Å². The Labute approximate surface area is 108 Å². The van der Waals surface area contributed by atoms with Gasteiger partial charge in [0.2, 0.25) is 0 Å². The highest BCUT2D eigenvalue weighted by atomic mass is 16.3. The van der Waals surface area contributed by atoms with Gasteiger partial charge in [-0.25, -0.2) is 0 Å². The van der Waals surface area contributed by atoms with E-state index < -0.39 is 6.10 Å². The second-order valence-electron chi connectivity index (χ2n) is 5.26. The molecule has 0 aliphatic heterocycles. The first kappa shape index (κ1) is 13.3. The largest absolute Gasteiger partial charge is 0.385 e. The van der Waals surface area contributed by atoms with Gasteiger partial charge in [0, 0.05) is 25.4 Å². The SMILES string of the molecule is Cn1nccc1CCC(=O)C(O)C1CCCCC1. The molecule has 0 spiro atoms. The van der Waals surface area contributed by atoms with Crippen LogP contribution < -0.4 is 0 Å². The number of rotatable bonds is 5. The van der Waals surface area contributed by atoms with Crippen LogP contribution in [0, 0.1) is 5.92 Å². The average Bonchev–Trinajstić information content (AvgIpc) is 2.81. The number of aliphatic hydroxyl groups excluding tert-OH is 1. The summed E-state index contributed by atoms with van der Waals surface area (Å²) in [5.41, 5.74) is 1.04. The molecule has 2 rings (SSSR count). The zero-order chi connectivity index (χ0) is 13.0. The number of hydrogen-bond acceptors (Lipinski definition) is 3. The molecule has 1 aromatic rings. The van der Waals surface area contributed by atoms with Crippen molar-refractivity contribution in [2.45, 2.75) is 51.0 Å². The lowest BCUT2D eigenvalue weighted by Crippen LogP contribution is -2.31. The number of aromatic nitrogens is 2. The Morgan fingerprint density at radius 1 is 1.50 bits per heavy atom. The van der Waals surface area contributed by atoms with Crippen LogP contribution in [-0.4, -0.2) is 26.8 Å². The van der Waals surface area contributed by atoms with E-state index in [1.807, 2.05) is 13.1 Å². The van der Waals surface area contributed by atoms with Crippen LogP contribution in [-0.2, 0) is 18.3 Å². The van der Waals surface area contributed by atoms with Gasteiger partial charge in [0.25, 0.3) is 0 Å². The molecule has 1 unspecified atom stereocenters. The standard InChI is InChI=1S/C14H22N2O2/c1-16-12(9-10-15-16)7-8-13(17)14(18)11-5-3-2-4-6-11/h9-11,14,18H,2-8H2,1H3. The number of ketones is 1. The summed E-state index contributed by atoms with van der Waals surface area (Å²) >= 11 is 0. The van der Waals surface area contributed by atoms with Crippen molar-refractivity contribution in [3.8, 4) is 0 Å². The molecule has 0 bridgehead atoms. The molecule has 100 valence electrons. The maximum atomic E-state index is 12.0. The fraction of sp³-hybridized carbons (Fsp3) is 0.714. The van der Waals surface area contributed by atoms with Crippen LogP contribution in [0.15, 0.2) is 12.3 Å². The van der Waals surface area contributed by atoms with E-state index in [4.69, 9.17) is 0 Å². The van der Waals surface area contributed by atoms with Gasteiger partial charge in [0.15, 0.2) is 5.78 Å². The van der Waals surface area contributed by atoms with E-state index >= 15 is 0 Å². The third kappa shape index (κ3) is 3.19. The minimum absolute atomic E-state index is 0.0110. The summed E-state index contributed by atoms with van der Waals surface area (Å²) in [5.74, 6) is 0.181. The summed E-state index contributed by atoms with van der Waals surface area (Å²) in [6.45, 7) is 0. The molecule has 18 heavy (non-hydrogen) atoms. The molecule has 1 N–H and O–H groups in total. The first-order valence-electron chi connectivity index (χ1n) is 6.86. The topological polar surface area (TPSA) is 55.1 Å². The normalized spacial score (nSPS) is 18.8. The van der Waals surface area contributed by atoms with Crippen molar-refractivity contribution in [3.05, 3.63) is 18.0 Å². The Hall–Kier alpha value is -1.16. The van der Waals surface area contributed by atoms with Gasteiger partial charge in [-0.15, -0.1) is 0 Å². The molecular formula is C14H22N2O2. The Morgan fingerprint density at radius 2 is 2.22 bits per heavy atom. The number of nitrogens with zero attached hydrogens (tertiary/aromatic N) is 2. The van der Waals surface area contributed by atoms with E-state index in [-0.39, 0.29) is 11.7 Å². The fourth-order valence-corrected chi connectivity index (χ4v) is 2.76. The molecule has 1 saturated carbocycles. The number of hydrogen-bond donors (Lipinski definition) is 1. The lowest BCUT2D eigenvalue weighted by atomic mass is 9.83. The molecule has 4 nitrogen and oxygen atoms in total. The minimum Gasteiger partial charge on any atom is -0.385 e. The zero-order valence-corrected chi connectivity index (χ0v) is 11.0. The summed E-state index contributed by atoms with van der Waals surface area (Å²) in [6, 6.07) is 1.92. The van der Waals surface area contributed by atoms with Crippen LogP contribution in [0.25, 0.3) is 0 Å². The smallest absolute Gasteiger partial charge is 0.161 e. The van der Waals surface area contributed by atoms with Crippen LogP contribution in [0.2, 0.25) is 0 Å². The number of aliphatic hydroxyl groups is 1. The number of Topliss-reactive ketones (excluding diaryl/α,β-unsaturated/α-hetero) is 1. The highest BCUT2D eigenvalue weighted by molar-refractivity contribution is 5.83. The summed E-state index contributed by atoms with van der Waals surface area (Å²) in [7, 11) is 1.87. The maximum absolute atomic E-state index is 12.0. The Balaban J connectivity index is 1.82. The Bertz CT molecular complexity index is 394. The third-order valence-corrected chi connectivity index (χ3v) is 3.98. The first-order chi connectivity index (χ1) is 8.68. The van der Waals surface area contributed by atoms with Crippen molar-refractivity contribution in [2.75, 3.05) is 0 Å². The molecule has 0 radical (unpaired) electrons.